The van der Waals surface area contributed by atoms with Crippen molar-refractivity contribution in [3.8, 4) is 0 Å². The van der Waals surface area contributed by atoms with Crippen molar-refractivity contribution in [2.75, 3.05) is 11.9 Å². The first-order chi connectivity index (χ1) is 13.5. The zero-order valence-corrected chi connectivity index (χ0v) is 15.9. The summed E-state index contributed by atoms with van der Waals surface area (Å²) in [5.41, 5.74) is 2.61. The van der Waals surface area contributed by atoms with Crippen LogP contribution in [0.25, 0.3) is 0 Å². The van der Waals surface area contributed by atoms with Gasteiger partial charge < -0.3 is 10.2 Å². The summed E-state index contributed by atoms with van der Waals surface area (Å²) in [4.78, 5) is 28.7. The van der Waals surface area contributed by atoms with E-state index in [1.807, 2.05) is 30.3 Å². The van der Waals surface area contributed by atoms with Gasteiger partial charge in [0.2, 0.25) is 0 Å². The second-order valence-corrected chi connectivity index (χ2v) is 7.54. The maximum absolute atomic E-state index is 13.0. The minimum absolute atomic E-state index is 0.106. The molecule has 140 valence electrons. The molecule has 0 atom stereocenters. The van der Waals surface area contributed by atoms with Crippen molar-refractivity contribution < 1.29 is 14.0 Å². The fourth-order valence-corrected chi connectivity index (χ4v) is 4.12. The molecule has 4 nitrogen and oxygen atoms in total. The minimum Gasteiger partial charge on any atom is -0.348 e. The van der Waals surface area contributed by atoms with Crippen molar-refractivity contribution in [1.82, 2.24) is 5.32 Å². The molecule has 28 heavy (non-hydrogen) atoms. The number of halogens is 1. The number of hydrogen-bond donors (Lipinski definition) is 1. The second kappa shape index (κ2) is 7.48. The SMILES string of the molecule is CN1C(=O)c2ccccc2Sc2ccc(C(=O)NCc3ccc(F)cc3)cc21. The van der Waals surface area contributed by atoms with Gasteiger partial charge in [-0.1, -0.05) is 36.0 Å². The molecule has 2 amide bonds. The topological polar surface area (TPSA) is 49.4 Å². The van der Waals surface area contributed by atoms with Gasteiger partial charge in [-0.3, -0.25) is 9.59 Å². The Morgan fingerprint density at radius 3 is 2.57 bits per heavy atom. The molecule has 1 heterocycles. The van der Waals surface area contributed by atoms with Crippen LogP contribution in [0.1, 0.15) is 26.3 Å². The van der Waals surface area contributed by atoms with Crippen LogP contribution in [-0.2, 0) is 6.54 Å². The third-order valence-electron chi connectivity index (χ3n) is 4.59. The van der Waals surface area contributed by atoms with Crippen LogP contribution in [-0.4, -0.2) is 18.9 Å². The summed E-state index contributed by atoms with van der Waals surface area (Å²) in [6, 6.07) is 18.8. The van der Waals surface area contributed by atoms with E-state index in [-0.39, 0.29) is 17.6 Å². The molecule has 6 heteroatoms. The van der Waals surface area contributed by atoms with Crippen LogP contribution in [0.15, 0.2) is 76.5 Å². The molecule has 0 fully saturated rings. The lowest BCUT2D eigenvalue weighted by molar-refractivity contribution is 0.0948. The monoisotopic (exact) mass is 392 g/mol. The first-order valence-corrected chi connectivity index (χ1v) is 9.56. The highest BCUT2D eigenvalue weighted by atomic mass is 32.2. The Hall–Kier alpha value is -3.12. The number of amides is 2. The van der Waals surface area contributed by atoms with Crippen molar-refractivity contribution in [2.24, 2.45) is 0 Å². The molecule has 0 saturated heterocycles. The van der Waals surface area contributed by atoms with E-state index in [9.17, 15) is 14.0 Å². The second-order valence-electron chi connectivity index (χ2n) is 6.45. The maximum atomic E-state index is 13.0. The van der Waals surface area contributed by atoms with Crippen molar-refractivity contribution in [2.45, 2.75) is 16.3 Å². The Balaban J connectivity index is 1.57. The van der Waals surface area contributed by atoms with Crippen molar-refractivity contribution in [1.29, 1.82) is 0 Å². The molecule has 4 rings (SSSR count). The first-order valence-electron chi connectivity index (χ1n) is 8.74. The Bertz CT molecular complexity index is 1070. The fourth-order valence-electron chi connectivity index (χ4n) is 3.03. The van der Waals surface area contributed by atoms with Gasteiger partial charge in [-0.15, -0.1) is 0 Å². The van der Waals surface area contributed by atoms with Crippen molar-refractivity contribution in [3.05, 3.63) is 89.2 Å². The predicted octanol–water partition coefficient (Wildman–Crippen LogP) is 4.50. The summed E-state index contributed by atoms with van der Waals surface area (Å²) in [6.45, 7) is 0.297. The number of carbonyl (C=O) groups excluding carboxylic acids is 2. The Labute approximate surface area is 166 Å². The van der Waals surface area contributed by atoms with E-state index in [1.165, 1.54) is 23.9 Å². The molecule has 1 aliphatic heterocycles. The number of nitrogens with one attached hydrogen (secondary N) is 1. The molecule has 0 aromatic heterocycles. The zero-order chi connectivity index (χ0) is 19.7. The Morgan fingerprint density at radius 1 is 1.04 bits per heavy atom. The van der Waals surface area contributed by atoms with Crippen LogP contribution in [0, 0.1) is 5.82 Å². The van der Waals surface area contributed by atoms with Crippen LogP contribution in [0.2, 0.25) is 0 Å². The molecule has 3 aromatic carbocycles. The van der Waals surface area contributed by atoms with E-state index >= 15 is 0 Å². The fraction of sp³-hybridized carbons (Fsp3) is 0.0909. The molecule has 0 spiro atoms. The smallest absolute Gasteiger partial charge is 0.259 e. The summed E-state index contributed by atoms with van der Waals surface area (Å²) in [5.74, 6) is -0.669. The molecule has 1 aliphatic rings. The van der Waals surface area contributed by atoms with Crippen LogP contribution in [0.3, 0.4) is 0 Å². The third kappa shape index (κ3) is 3.51. The number of anilines is 1. The zero-order valence-electron chi connectivity index (χ0n) is 15.1. The molecular weight excluding hydrogens is 375 g/mol. The lowest BCUT2D eigenvalue weighted by atomic mass is 10.1. The van der Waals surface area contributed by atoms with E-state index in [2.05, 4.69) is 5.32 Å². The number of nitrogens with zero attached hydrogens (tertiary/aromatic N) is 1. The number of fused-ring (bicyclic) bond motifs is 2. The molecule has 1 N–H and O–H groups in total. The summed E-state index contributed by atoms with van der Waals surface area (Å²) in [6.07, 6.45) is 0. The summed E-state index contributed by atoms with van der Waals surface area (Å²) >= 11 is 1.51. The molecule has 0 unspecified atom stereocenters. The normalized spacial score (nSPS) is 12.8. The van der Waals surface area contributed by atoms with E-state index in [0.717, 1.165) is 15.4 Å². The Kier molecular flexibility index (Phi) is 4.88. The van der Waals surface area contributed by atoms with Crippen LogP contribution < -0.4 is 10.2 Å². The third-order valence-corrected chi connectivity index (χ3v) is 5.73. The quantitative estimate of drug-likeness (QED) is 0.714. The largest absolute Gasteiger partial charge is 0.348 e. The van der Waals surface area contributed by atoms with Gasteiger partial charge in [-0.2, -0.15) is 0 Å². The highest BCUT2D eigenvalue weighted by Gasteiger charge is 2.25. The van der Waals surface area contributed by atoms with Crippen LogP contribution in [0.5, 0.6) is 0 Å². The number of rotatable bonds is 3. The first kappa shape index (κ1) is 18.3. The molecule has 0 radical (unpaired) electrons. The molecule has 0 bridgehead atoms. The minimum atomic E-state index is -0.313. The Morgan fingerprint density at radius 2 is 1.79 bits per heavy atom. The molecule has 3 aromatic rings. The lowest BCUT2D eigenvalue weighted by Crippen LogP contribution is -2.27. The summed E-state index contributed by atoms with van der Waals surface area (Å²) < 4.78 is 13.0. The predicted molar refractivity (Wildman–Crippen MR) is 107 cm³/mol. The van der Waals surface area contributed by atoms with Gasteiger partial charge in [-0.05, 0) is 48.0 Å². The average molecular weight is 392 g/mol. The van der Waals surface area contributed by atoms with Gasteiger partial charge in [0.05, 0.1) is 11.3 Å². The van der Waals surface area contributed by atoms with Crippen LogP contribution in [0.4, 0.5) is 10.1 Å². The summed E-state index contributed by atoms with van der Waals surface area (Å²) in [5, 5.41) is 2.83. The van der Waals surface area contributed by atoms with Gasteiger partial charge in [0, 0.05) is 28.9 Å². The molecule has 0 aliphatic carbocycles. The van der Waals surface area contributed by atoms with E-state index in [1.54, 1.807) is 36.2 Å². The van der Waals surface area contributed by atoms with E-state index < -0.39 is 0 Å². The van der Waals surface area contributed by atoms with Gasteiger partial charge >= 0.3 is 0 Å². The number of benzene rings is 3. The van der Waals surface area contributed by atoms with Crippen molar-refractivity contribution in [3.63, 3.8) is 0 Å². The van der Waals surface area contributed by atoms with Gasteiger partial charge in [0.1, 0.15) is 5.82 Å². The molecule has 0 saturated carbocycles. The van der Waals surface area contributed by atoms with E-state index in [0.29, 0.717) is 23.4 Å². The average Bonchev–Trinajstić information content (AvgIpc) is 2.82. The standard InChI is InChI=1S/C22H17FN2O2S/c1-25-18-12-15(21(26)24-13-14-6-9-16(23)10-7-14)8-11-20(18)28-19-5-3-2-4-17(19)22(25)27/h2-12H,13H2,1H3,(H,24,26). The maximum Gasteiger partial charge on any atom is 0.259 e. The lowest BCUT2D eigenvalue weighted by Gasteiger charge is -2.18. The highest BCUT2D eigenvalue weighted by Crippen LogP contribution is 2.41. The van der Waals surface area contributed by atoms with Crippen LogP contribution >= 0.6 is 11.8 Å². The van der Waals surface area contributed by atoms with Gasteiger partial charge in [0.15, 0.2) is 0 Å². The number of hydrogen-bond acceptors (Lipinski definition) is 3. The van der Waals surface area contributed by atoms with Gasteiger partial charge in [0.25, 0.3) is 11.8 Å². The van der Waals surface area contributed by atoms with Gasteiger partial charge in [-0.25, -0.2) is 4.39 Å². The molecular formula is C22H17FN2O2S. The van der Waals surface area contributed by atoms with E-state index in [4.69, 9.17) is 0 Å². The van der Waals surface area contributed by atoms with Crippen molar-refractivity contribution >= 4 is 29.3 Å². The summed E-state index contributed by atoms with van der Waals surface area (Å²) in [7, 11) is 1.71. The number of carbonyl (C=O) groups is 2. The highest BCUT2D eigenvalue weighted by molar-refractivity contribution is 7.99.